The van der Waals surface area contributed by atoms with Gasteiger partial charge in [0.05, 0.1) is 0 Å². The van der Waals surface area contributed by atoms with Gasteiger partial charge in [-0.3, -0.25) is 4.79 Å². The van der Waals surface area contributed by atoms with E-state index in [0.717, 1.165) is 11.1 Å². The predicted octanol–water partition coefficient (Wildman–Crippen LogP) is 4.01. The number of aromatic amines is 3. The van der Waals surface area contributed by atoms with Crippen LogP contribution in [0.25, 0.3) is 0 Å². The number of carbonyl (C=O) groups is 1. The number of aromatic nitrogens is 3. The molecule has 4 heterocycles. The molecule has 4 N–H and O–H groups in total. The van der Waals surface area contributed by atoms with E-state index in [9.17, 15) is 4.79 Å². The highest BCUT2D eigenvalue weighted by molar-refractivity contribution is 5.98. The predicted molar refractivity (Wildman–Crippen MR) is 107 cm³/mol. The van der Waals surface area contributed by atoms with Crippen molar-refractivity contribution < 1.29 is 9.11 Å². The van der Waals surface area contributed by atoms with E-state index in [0.29, 0.717) is 6.54 Å². The molecule has 1 aromatic carbocycles. The Morgan fingerprint density at radius 3 is 1.41 bits per heavy atom. The van der Waals surface area contributed by atoms with Crippen molar-refractivity contribution in [2.75, 3.05) is 0 Å². The Morgan fingerprint density at radius 1 is 0.667 bits per heavy atom. The Bertz CT molecular complexity index is 673. The number of rotatable bonds is 0. The molecule has 7 heteroatoms. The molecule has 1 aliphatic rings. The summed E-state index contributed by atoms with van der Waals surface area (Å²) in [7, 11) is 3.00. The van der Waals surface area contributed by atoms with Gasteiger partial charge in [-0.1, -0.05) is 18.2 Å². The lowest BCUT2D eigenvalue weighted by molar-refractivity contribution is 0.0966. The number of carbonyl (C=O) groups excluding carboxylic acids is 1. The van der Waals surface area contributed by atoms with Gasteiger partial charge in [0, 0.05) is 49.3 Å². The first kappa shape index (κ1) is 21.6. The molecule has 0 aliphatic carbocycles. The fourth-order valence-corrected chi connectivity index (χ4v) is 2.00. The van der Waals surface area contributed by atoms with Gasteiger partial charge >= 0.3 is 8.12 Å². The molecule has 27 heavy (non-hydrogen) atoms. The summed E-state index contributed by atoms with van der Waals surface area (Å²) in [5, 5.41) is 2.75. The van der Waals surface area contributed by atoms with E-state index in [1.807, 2.05) is 97.8 Å². The maximum absolute atomic E-state index is 11.0. The van der Waals surface area contributed by atoms with Gasteiger partial charge in [0.25, 0.3) is 5.91 Å². The number of hydrogen-bond acceptors (Lipinski definition) is 1. The third-order valence-corrected chi connectivity index (χ3v) is 3.19. The van der Waals surface area contributed by atoms with Gasteiger partial charge in [-0.2, -0.15) is 0 Å². The molecule has 1 amide bonds. The zero-order chi connectivity index (χ0) is 19.6. The second-order valence-corrected chi connectivity index (χ2v) is 4.99. The van der Waals surface area contributed by atoms with E-state index in [4.69, 9.17) is 4.32 Å². The Labute approximate surface area is 159 Å². The van der Waals surface area contributed by atoms with Crippen LogP contribution in [0, 0.1) is 0 Å². The minimum Gasteiger partial charge on any atom is -0.368 e. The molecule has 3 aromatic heterocycles. The summed E-state index contributed by atoms with van der Waals surface area (Å²) in [5.41, 5.74) is 1.93. The van der Waals surface area contributed by atoms with Crippen LogP contribution in [0.15, 0.2) is 97.8 Å². The number of hydrogen-bond donors (Lipinski definition) is 4. The maximum atomic E-state index is 11.0. The van der Waals surface area contributed by atoms with Crippen LogP contribution in [0.4, 0.5) is 4.32 Å². The second-order valence-electron chi connectivity index (χ2n) is 4.99. The molecular weight excluding hydrogens is 342 g/mol. The minimum absolute atomic E-state index is 0.0515. The van der Waals surface area contributed by atoms with E-state index in [2.05, 4.69) is 28.4 Å². The van der Waals surface area contributed by atoms with Crippen molar-refractivity contribution in [3.8, 4) is 0 Å². The monoisotopic (exact) mass is 364 g/mol. The third kappa shape index (κ3) is 9.55. The molecule has 138 valence electrons. The van der Waals surface area contributed by atoms with Gasteiger partial charge in [0.15, 0.2) is 0 Å². The van der Waals surface area contributed by atoms with Crippen LogP contribution < -0.4 is 5.32 Å². The largest absolute Gasteiger partial charge is 0.368 e. The first-order chi connectivity index (χ1) is 13.4. The molecule has 2 radical (unpaired) electrons. The van der Waals surface area contributed by atoms with E-state index in [1.165, 1.54) is 0 Å². The van der Waals surface area contributed by atoms with E-state index >= 15 is 0 Å². The van der Waals surface area contributed by atoms with E-state index in [-0.39, 0.29) is 5.91 Å². The van der Waals surface area contributed by atoms with Crippen molar-refractivity contribution in [1.82, 2.24) is 20.3 Å². The van der Waals surface area contributed by atoms with Gasteiger partial charge in [-0.25, -0.2) is 0 Å². The molecule has 0 saturated carbocycles. The van der Waals surface area contributed by atoms with Crippen molar-refractivity contribution >= 4 is 14.0 Å². The van der Waals surface area contributed by atoms with Crippen LogP contribution in [0.5, 0.6) is 0 Å². The fourth-order valence-electron chi connectivity index (χ4n) is 2.00. The minimum atomic E-state index is 0.0515. The molecule has 0 fully saturated rings. The Morgan fingerprint density at radius 2 is 1.07 bits per heavy atom. The number of amides is 1. The number of H-pyrrole nitrogens is 3. The third-order valence-electron chi connectivity index (χ3n) is 3.19. The first-order valence-electron chi connectivity index (χ1n) is 8.19. The molecule has 0 bridgehead atoms. The van der Waals surface area contributed by atoms with E-state index in [1.54, 1.807) is 0 Å². The molecule has 4 aromatic rings. The van der Waals surface area contributed by atoms with Gasteiger partial charge in [0.2, 0.25) is 0 Å². The van der Waals surface area contributed by atoms with Crippen molar-refractivity contribution in [2.45, 2.75) is 6.54 Å². The number of benzene rings is 1. The molecule has 1 aliphatic heterocycles. The summed E-state index contributed by atoms with van der Waals surface area (Å²) in [5.74, 6) is 0.0515. The number of nitrogens with one attached hydrogen (secondary N) is 4. The first-order valence-corrected chi connectivity index (χ1v) is 8.19. The lowest BCUT2D eigenvalue weighted by Gasteiger charge is -1.89. The van der Waals surface area contributed by atoms with Crippen LogP contribution in [0.2, 0.25) is 0 Å². The van der Waals surface area contributed by atoms with Gasteiger partial charge in [-0.05, 0) is 48.0 Å². The van der Waals surface area contributed by atoms with Crippen molar-refractivity contribution in [2.24, 2.45) is 0 Å². The summed E-state index contributed by atoms with van der Waals surface area (Å²) in [6, 6.07) is 19.3. The smallest absolute Gasteiger partial charge is 0.350 e. The second kappa shape index (κ2) is 14.8. The molecule has 5 nitrogen and oxygen atoms in total. The average molecular weight is 364 g/mol. The summed E-state index contributed by atoms with van der Waals surface area (Å²) in [6.07, 6.45) is 11.2. The van der Waals surface area contributed by atoms with Crippen LogP contribution in [-0.4, -0.2) is 29.0 Å². The number of halogens is 1. The molecule has 0 spiro atoms. The molecule has 0 unspecified atom stereocenters. The highest BCUT2D eigenvalue weighted by Crippen LogP contribution is 2.13. The molecule has 0 atom stereocenters. The van der Waals surface area contributed by atoms with Gasteiger partial charge in [0.1, 0.15) is 0 Å². The highest BCUT2D eigenvalue weighted by Gasteiger charge is 2.16. The Balaban J connectivity index is 0.000000185. The normalized spacial score (nSPS) is 10.0. The lowest BCUT2D eigenvalue weighted by atomic mass is 10.1. The van der Waals surface area contributed by atoms with Crippen LogP contribution in [-0.2, 0) is 6.54 Å². The van der Waals surface area contributed by atoms with Crippen LogP contribution >= 0.6 is 0 Å². The highest BCUT2D eigenvalue weighted by atomic mass is 19.1. The van der Waals surface area contributed by atoms with Crippen molar-refractivity contribution in [3.05, 3.63) is 109 Å². The number of fused-ring (bicyclic) bond motifs is 1. The maximum Gasteiger partial charge on any atom is 0.350 e. The summed E-state index contributed by atoms with van der Waals surface area (Å²) in [4.78, 5) is 19.5. The van der Waals surface area contributed by atoms with Gasteiger partial charge in [-0.15, -0.1) is 0 Å². The average Bonchev–Trinajstić information content (AvgIpc) is 3.56. The summed E-state index contributed by atoms with van der Waals surface area (Å²) < 4.78 is 9.00. The Kier molecular flexibility index (Phi) is 11.8. The SMILES string of the molecule is O=C1NCc2ccccc21.[B]F.c1cc[nH]c1.c1cc[nH]c1.c1cc[nH]c1. The zero-order valence-corrected chi connectivity index (χ0v) is 14.8. The van der Waals surface area contributed by atoms with Crippen molar-refractivity contribution in [1.29, 1.82) is 0 Å². The fraction of sp³-hybridized carbons (Fsp3) is 0.0500. The van der Waals surface area contributed by atoms with E-state index < -0.39 is 0 Å². The van der Waals surface area contributed by atoms with Gasteiger partial charge < -0.3 is 24.6 Å². The quantitative estimate of drug-likeness (QED) is 0.350. The lowest BCUT2D eigenvalue weighted by Crippen LogP contribution is -2.12. The van der Waals surface area contributed by atoms with Crippen molar-refractivity contribution in [3.63, 3.8) is 0 Å². The van der Waals surface area contributed by atoms with Crippen LogP contribution in [0.1, 0.15) is 15.9 Å². The molecule has 5 rings (SSSR count). The van der Waals surface area contributed by atoms with Crippen LogP contribution in [0.3, 0.4) is 0 Å². The summed E-state index contributed by atoms with van der Waals surface area (Å²) in [6.45, 7) is 0.689. The standard InChI is InChI=1S/C8H7NO.3C4H5N.BF/c10-8-7-4-2-1-3-6(7)5-9-8;3*1-2-4-5-3-1;1-2/h1-4H,5H2,(H,9,10);3*1-5H;. The Hall–Kier alpha value is -3.48. The zero-order valence-electron chi connectivity index (χ0n) is 14.8. The topological polar surface area (TPSA) is 76.5 Å². The summed E-state index contributed by atoms with van der Waals surface area (Å²) >= 11 is 0. The molecular formula is C20H22BFN4O. The molecule has 0 saturated heterocycles.